The first-order valence-electron chi connectivity index (χ1n) is 6.85. The van der Waals surface area contributed by atoms with Crippen molar-refractivity contribution in [2.24, 2.45) is 7.05 Å². The zero-order valence-electron chi connectivity index (χ0n) is 12.8. The molecule has 0 aromatic carbocycles. The van der Waals surface area contributed by atoms with E-state index >= 15 is 0 Å². The number of ether oxygens (including phenoxy) is 2. The van der Waals surface area contributed by atoms with E-state index in [0.717, 1.165) is 0 Å². The summed E-state index contributed by atoms with van der Waals surface area (Å²) in [5, 5.41) is 11.7. The number of carbonyl (C=O) groups excluding carboxylic acids is 3. The Morgan fingerprint density at radius 3 is 2.83 bits per heavy atom. The number of β-lactam (4-membered cyclic amide) rings is 1. The maximum atomic E-state index is 12.3. The molecule has 0 N–H and O–H groups in total. The van der Waals surface area contributed by atoms with E-state index in [1.54, 1.807) is 7.05 Å². The van der Waals surface area contributed by atoms with Gasteiger partial charge in [-0.05, 0) is 10.4 Å². The molecule has 3 rings (SSSR count). The minimum atomic E-state index is -0.689. The number of aromatic nitrogens is 4. The number of nitrogens with zero attached hydrogens (tertiary/aromatic N) is 5. The molecular formula is C12H13N5O5S2. The van der Waals surface area contributed by atoms with Crippen molar-refractivity contribution in [1.29, 1.82) is 0 Å². The first-order valence-corrected chi connectivity index (χ1v) is 8.71. The predicted molar refractivity (Wildman–Crippen MR) is 82.1 cm³/mol. The van der Waals surface area contributed by atoms with Gasteiger partial charge in [0.05, 0.1) is 11.8 Å². The average molecular weight is 371 g/mol. The Morgan fingerprint density at radius 2 is 2.21 bits per heavy atom. The fraction of sp³-hybridized carbons (Fsp3) is 0.500. The van der Waals surface area contributed by atoms with Crippen LogP contribution in [0.3, 0.4) is 0 Å². The van der Waals surface area contributed by atoms with E-state index in [9.17, 15) is 14.4 Å². The third kappa shape index (κ3) is 3.24. The molecule has 128 valence electrons. The van der Waals surface area contributed by atoms with Crippen molar-refractivity contribution < 1.29 is 23.9 Å². The molecule has 0 bridgehead atoms. The summed E-state index contributed by atoms with van der Waals surface area (Å²) >= 11 is 2.80. The molecule has 3 heterocycles. The van der Waals surface area contributed by atoms with Crippen LogP contribution in [0.5, 0.6) is 0 Å². The number of esters is 2. The zero-order valence-corrected chi connectivity index (χ0v) is 14.4. The SMILES string of the molecule is CC(=O)OCOC(=O)C1=C(CSc2nnnn2C)S[C@@H]2CC(=O)N12. The molecule has 2 aliphatic rings. The van der Waals surface area contributed by atoms with Gasteiger partial charge in [-0.15, -0.1) is 16.9 Å². The van der Waals surface area contributed by atoms with E-state index in [-0.39, 0.29) is 17.0 Å². The van der Waals surface area contributed by atoms with Crippen LogP contribution < -0.4 is 0 Å². The lowest BCUT2D eigenvalue weighted by atomic mass is 10.1. The minimum absolute atomic E-state index is 0.0815. The Balaban J connectivity index is 1.71. The lowest BCUT2D eigenvalue weighted by Gasteiger charge is -2.34. The molecule has 10 nitrogen and oxygen atoms in total. The molecule has 1 aromatic heterocycles. The summed E-state index contributed by atoms with van der Waals surface area (Å²) in [6.45, 7) is 0.729. The minimum Gasteiger partial charge on any atom is -0.428 e. The lowest BCUT2D eigenvalue weighted by molar-refractivity contribution is -0.165. The summed E-state index contributed by atoms with van der Waals surface area (Å²) in [5.41, 5.74) is 0.205. The molecule has 24 heavy (non-hydrogen) atoms. The van der Waals surface area contributed by atoms with E-state index < -0.39 is 18.7 Å². The molecule has 0 spiro atoms. The summed E-state index contributed by atoms with van der Waals surface area (Å²) in [6.07, 6.45) is 0.380. The smallest absolute Gasteiger partial charge is 0.358 e. The highest BCUT2D eigenvalue weighted by Gasteiger charge is 2.48. The largest absolute Gasteiger partial charge is 0.428 e. The average Bonchev–Trinajstić information content (AvgIpc) is 3.05. The molecule has 1 atom stereocenters. The van der Waals surface area contributed by atoms with Gasteiger partial charge in [0.1, 0.15) is 5.70 Å². The van der Waals surface area contributed by atoms with Crippen LogP contribution in [0.25, 0.3) is 0 Å². The number of carbonyl (C=O) groups is 3. The Bertz CT molecular complexity index is 733. The number of fused-ring (bicyclic) bond motifs is 1. The van der Waals surface area contributed by atoms with Crippen molar-refractivity contribution >= 4 is 41.4 Å². The van der Waals surface area contributed by atoms with Gasteiger partial charge in [0, 0.05) is 24.6 Å². The maximum absolute atomic E-state index is 12.3. The summed E-state index contributed by atoms with van der Waals surface area (Å²) in [6, 6.07) is 0. The van der Waals surface area contributed by atoms with Gasteiger partial charge in [-0.2, -0.15) is 0 Å². The molecule has 1 saturated heterocycles. The van der Waals surface area contributed by atoms with Crippen molar-refractivity contribution in [1.82, 2.24) is 25.1 Å². The predicted octanol–water partition coefficient (Wildman–Crippen LogP) is -0.117. The van der Waals surface area contributed by atoms with Gasteiger partial charge in [-0.1, -0.05) is 11.8 Å². The van der Waals surface area contributed by atoms with Crippen molar-refractivity contribution in [2.75, 3.05) is 12.5 Å². The number of hydrogen-bond donors (Lipinski definition) is 0. The van der Waals surface area contributed by atoms with Gasteiger partial charge in [0.15, 0.2) is 0 Å². The van der Waals surface area contributed by atoms with E-state index in [1.165, 1.54) is 40.0 Å². The third-order valence-corrected chi connectivity index (χ3v) is 5.74. The van der Waals surface area contributed by atoms with Crippen LogP contribution in [-0.2, 0) is 30.9 Å². The van der Waals surface area contributed by atoms with E-state index in [2.05, 4.69) is 20.3 Å². The van der Waals surface area contributed by atoms with Gasteiger partial charge < -0.3 is 9.47 Å². The topological polar surface area (TPSA) is 117 Å². The highest BCUT2D eigenvalue weighted by molar-refractivity contribution is 8.06. The standard InChI is InChI=1S/C12H13N5O5S2/c1-6(18)21-5-22-11(20)10-7(24-9-3-8(19)17(9)10)4-23-12-13-14-15-16(12)2/h9H,3-5H2,1-2H3/t9-/m1/s1. The fourth-order valence-electron chi connectivity index (χ4n) is 2.13. The number of tetrazole rings is 1. The molecule has 1 amide bonds. The molecule has 1 fully saturated rings. The Morgan fingerprint density at radius 1 is 1.42 bits per heavy atom. The lowest BCUT2D eigenvalue weighted by Crippen LogP contribution is -2.48. The van der Waals surface area contributed by atoms with Gasteiger partial charge >= 0.3 is 11.9 Å². The molecule has 0 aliphatic carbocycles. The van der Waals surface area contributed by atoms with Crippen molar-refractivity contribution in [3.05, 3.63) is 10.6 Å². The molecular weight excluding hydrogens is 358 g/mol. The van der Waals surface area contributed by atoms with Gasteiger partial charge in [-0.25, -0.2) is 9.48 Å². The molecule has 12 heteroatoms. The second-order valence-electron chi connectivity index (χ2n) is 4.87. The Hall–Kier alpha value is -2.08. The van der Waals surface area contributed by atoms with Gasteiger partial charge in [0.2, 0.25) is 17.9 Å². The van der Waals surface area contributed by atoms with E-state index in [1.807, 2.05) is 0 Å². The number of rotatable bonds is 6. The Labute approximate surface area is 144 Å². The van der Waals surface area contributed by atoms with Gasteiger partial charge in [-0.3, -0.25) is 14.5 Å². The molecule has 2 aliphatic heterocycles. The summed E-state index contributed by atoms with van der Waals surface area (Å²) in [5.74, 6) is -0.948. The van der Waals surface area contributed by atoms with Crippen LogP contribution in [0.15, 0.2) is 15.8 Å². The number of amides is 1. The first-order chi connectivity index (χ1) is 11.5. The molecule has 0 saturated carbocycles. The fourth-order valence-corrected chi connectivity index (χ4v) is 4.47. The van der Waals surface area contributed by atoms with E-state index in [4.69, 9.17) is 4.74 Å². The van der Waals surface area contributed by atoms with Crippen LogP contribution in [0.1, 0.15) is 13.3 Å². The summed E-state index contributed by atoms with van der Waals surface area (Å²) in [4.78, 5) is 36.9. The number of thioether (sulfide) groups is 2. The highest BCUT2D eigenvalue weighted by atomic mass is 32.2. The monoisotopic (exact) mass is 371 g/mol. The molecule has 0 unspecified atom stereocenters. The normalized spacial score (nSPS) is 19.2. The second-order valence-corrected chi connectivity index (χ2v) is 7.09. The second kappa shape index (κ2) is 6.81. The first kappa shape index (κ1) is 16.8. The van der Waals surface area contributed by atoms with Crippen LogP contribution in [0.4, 0.5) is 0 Å². The Kier molecular flexibility index (Phi) is 4.76. The van der Waals surface area contributed by atoms with E-state index in [0.29, 0.717) is 22.2 Å². The van der Waals surface area contributed by atoms with Gasteiger partial charge in [0.25, 0.3) is 0 Å². The van der Waals surface area contributed by atoms with Crippen molar-refractivity contribution in [3.63, 3.8) is 0 Å². The maximum Gasteiger partial charge on any atom is 0.358 e. The number of aryl methyl sites for hydroxylation is 1. The summed E-state index contributed by atoms with van der Waals surface area (Å²) < 4.78 is 11.0. The highest BCUT2D eigenvalue weighted by Crippen LogP contribution is 2.47. The quantitative estimate of drug-likeness (QED) is 0.290. The van der Waals surface area contributed by atoms with Crippen LogP contribution >= 0.6 is 23.5 Å². The van der Waals surface area contributed by atoms with Crippen molar-refractivity contribution in [3.8, 4) is 0 Å². The molecule has 0 radical (unpaired) electrons. The summed E-state index contributed by atoms with van der Waals surface area (Å²) in [7, 11) is 1.71. The third-order valence-electron chi connectivity index (χ3n) is 3.25. The van der Waals surface area contributed by atoms with Crippen molar-refractivity contribution in [2.45, 2.75) is 23.9 Å². The van der Waals surface area contributed by atoms with Crippen LogP contribution in [0, 0.1) is 0 Å². The number of hydrogen-bond acceptors (Lipinski definition) is 10. The van der Waals surface area contributed by atoms with Crippen LogP contribution in [-0.4, -0.2) is 60.9 Å². The van der Waals surface area contributed by atoms with Crippen LogP contribution in [0.2, 0.25) is 0 Å². The zero-order chi connectivity index (χ0) is 17.3. The molecule has 1 aromatic rings.